The molecule has 5 nitrogen and oxygen atoms in total. The number of nitrogens with two attached hydrogens (primary N) is 3. The molecule has 0 radical (unpaired) electrons. The minimum atomic E-state index is -0.305. The van der Waals surface area contributed by atoms with Crippen molar-refractivity contribution in [3.05, 3.63) is 59.7 Å². The van der Waals surface area contributed by atoms with Gasteiger partial charge >= 0.3 is 0 Å². The maximum atomic E-state index is 12.2. The standard InChI is InChI=1S/C14H16N4O/c15-9-11-12(16)7-4-8-13(11)18(17)14(19)10-5-2-1-3-6-10/h1-8H,9,15-17H2. The van der Waals surface area contributed by atoms with Gasteiger partial charge in [0.2, 0.25) is 0 Å². The molecule has 1 amide bonds. The average Bonchev–Trinajstić information content (AvgIpc) is 2.46. The van der Waals surface area contributed by atoms with Crippen LogP contribution in [0.5, 0.6) is 0 Å². The van der Waals surface area contributed by atoms with Gasteiger partial charge in [-0.3, -0.25) is 4.79 Å². The molecule has 0 spiro atoms. The second kappa shape index (κ2) is 5.51. The lowest BCUT2D eigenvalue weighted by Crippen LogP contribution is -2.38. The van der Waals surface area contributed by atoms with E-state index in [1.54, 1.807) is 42.5 Å². The predicted molar refractivity (Wildman–Crippen MR) is 76.2 cm³/mol. The number of carbonyl (C=O) groups excluding carboxylic acids is 1. The summed E-state index contributed by atoms with van der Waals surface area (Å²) in [4.78, 5) is 12.2. The minimum absolute atomic E-state index is 0.220. The Bertz CT molecular complexity index is 583. The molecule has 2 rings (SSSR count). The maximum absolute atomic E-state index is 12.2. The fourth-order valence-corrected chi connectivity index (χ4v) is 1.87. The van der Waals surface area contributed by atoms with Gasteiger partial charge in [-0.05, 0) is 24.3 Å². The van der Waals surface area contributed by atoms with Gasteiger partial charge in [0.05, 0.1) is 5.69 Å². The Balaban J connectivity index is 2.37. The molecule has 0 aromatic heterocycles. The molecule has 2 aromatic rings. The Labute approximate surface area is 111 Å². The van der Waals surface area contributed by atoms with Gasteiger partial charge in [-0.15, -0.1) is 0 Å². The molecule has 0 bridgehead atoms. The molecule has 0 atom stereocenters. The predicted octanol–water partition coefficient (Wildman–Crippen LogP) is 1.25. The highest BCUT2D eigenvalue weighted by atomic mass is 16.2. The van der Waals surface area contributed by atoms with Crippen LogP contribution in [0.25, 0.3) is 0 Å². The fourth-order valence-electron chi connectivity index (χ4n) is 1.87. The van der Waals surface area contributed by atoms with Crippen molar-refractivity contribution >= 4 is 17.3 Å². The number of nitrogens with zero attached hydrogens (tertiary/aromatic N) is 1. The number of carbonyl (C=O) groups is 1. The van der Waals surface area contributed by atoms with Crippen LogP contribution in [0.3, 0.4) is 0 Å². The van der Waals surface area contributed by atoms with E-state index in [2.05, 4.69) is 0 Å². The fraction of sp³-hybridized carbons (Fsp3) is 0.0714. The van der Waals surface area contributed by atoms with E-state index < -0.39 is 0 Å². The molecule has 6 N–H and O–H groups in total. The minimum Gasteiger partial charge on any atom is -0.398 e. The van der Waals surface area contributed by atoms with Gasteiger partial charge < -0.3 is 11.5 Å². The molecule has 98 valence electrons. The number of hydrogen-bond acceptors (Lipinski definition) is 4. The zero-order chi connectivity index (χ0) is 13.8. The molecule has 2 aromatic carbocycles. The normalized spacial score (nSPS) is 10.2. The van der Waals surface area contributed by atoms with E-state index in [1.807, 2.05) is 6.07 Å². The first-order chi connectivity index (χ1) is 9.15. The van der Waals surface area contributed by atoms with Crippen molar-refractivity contribution in [2.75, 3.05) is 10.7 Å². The molecule has 0 heterocycles. The van der Waals surface area contributed by atoms with Gasteiger partial charge in [0.15, 0.2) is 0 Å². The van der Waals surface area contributed by atoms with E-state index in [1.165, 1.54) is 0 Å². The van der Waals surface area contributed by atoms with Crippen molar-refractivity contribution in [3.63, 3.8) is 0 Å². The summed E-state index contributed by atoms with van der Waals surface area (Å²) in [5, 5.41) is 1.08. The first-order valence-corrected chi connectivity index (χ1v) is 5.86. The molecular formula is C14H16N4O. The topological polar surface area (TPSA) is 98.4 Å². The highest BCUT2D eigenvalue weighted by Gasteiger charge is 2.17. The summed E-state index contributed by atoms with van der Waals surface area (Å²) in [6, 6.07) is 14.0. The van der Waals surface area contributed by atoms with Crippen molar-refractivity contribution in [2.45, 2.75) is 6.54 Å². The molecule has 0 aliphatic heterocycles. The van der Waals surface area contributed by atoms with Crippen molar-refractivity contribution in [3.8, 4) is 0 Å². The van der Waals surface area contributed by atoms with Crippen LogP contribution in [-0.2, 0) is 6.54 Å². The number of hydrogen-bond donors (Lipinski definition) is 3. The molecule has 0 unspecified atom stereocenters. The lowest BCUT2D eigenvalue weighted by Gasteiger charge is -2.20. The van der Waals surface area contributed by atoms with E-state index in [0.29, 0.717) is 22.5 Å². The second-order valence-electron chi connectivity index (χ2n) is 4.09. The third kappa shape index (κ3) is 2.57. The van der Waals surface area contributed by atoms with E-state index >= 15 is 0 Å². The summed E-state index contributed by atoms with van der Waals surface area (Å²) < 4.78 is 0. The van der Waals surface area contributed by atoms with Gasteiger partial charge in [0, 0.05) is 23.4 Å². The monoisotopic (exact) mass is 256 g/mol. The highest BCUT2D eigenvalue weighted by molar-refractivity contribution is 6.05. The summed E-state index contributed by atoms with van der Waals surface area (Å²) in [6.07, 6.45) is 0. The summed E-state index contributed by atoms with van der Waals surface area (Å²) in [6.45, 7) is 0.220. The van der Waals surface area contributed by atoms with Crippen molar-refractivity contribution in [1.82, 2.24) is 0 Å². The van der Waals surface area contributed by atoms with Crippen LogP contribution in [0, 0.1) is 0 Å². The average molecular weight is 256 g/mol. The zero-order valence-electron chi connectivity index (χ0n) is 10.4. The Kier molecular flexibility index (Phi) is 3.79. The zero-order valence-corrected chi connectivity index (χ0v) is 10.4. The lowest BCUT2D eigenvalue weighted by molar-refractivity contribution is 0.0986. The first-order valence-electron chi connectivity index (χ1n) is 5.86. The van der Waals surface area contributed by atoms with Crippen LogP contribution in [-0.4, -0.2) is 5.91 Å². The van der Waals surface area contributed by atoms with Crippen LogP contribution in [0.4, 0.5) is 11.4 Å². The first kappa shape index (κ1) is 13.1. The largest absolute Gasteiger partial charge is 0.398 e. The van der Waals surface area contributed by atoms with E-state index in [9.17, 15) is 4.79 Å². The summed E-state index contributed by atoms with van der Waals surface area (Å²) in [5.41, 5.74) is 13.7. The SMILES string of the molecule is NCc1c(N)cccc1N(N)C(=O)c1ccccc1. The lowest BCUT2D eigenvalue weighted by atomic mass is 10.1. The van der Waals surface area contributed by atoms with Crippen LogP contribution >= 0.6 is 0 Å². The Morgan fingerprint density at radius 3 is 2.37 bits per heavy atom. The number of benzene rings is 2. The molecule has 0 saturated heterocycles. The van der Waals surface area contributed by atoms with E-state index in [-0.39, 0.29) is 12.5 Å². The molecule has 0 aliphatic carbocycles. The molecule has 5 heteroatoms. The Hall–Kier alpha value is -2.37. The van der Waals surface area contributed by atoms with Gasteiger partial charge in [-0.1, -0.05) is 24.3 Å². The Morgan fingerprint density at radius 1 is 1.05 bits per heavy atom. The molecule has 19 heavy (non-hydrogen) atoms. The second-order valence-corrected chi connectivity index (χ2v) is 4.09. The van der Waals surface area contributed by atoms with Crippen molar-refractivity contribution < 1.29 is 4.79 Å². The third-order valence-corrected chi connectivity index (χ3v) is 2.89. The number of rotatable bonds is 3. The van der Waals surface area contributed by atoms with Crippen LogP contribution in [0.15, 0.2) is 48.5 Å². The van der Waals surface area contributed by atoms with E-state index in [4.69, 9.17) is 17.3 Å². The van der Waals surface area contributed by atoms with Crippen LogP contribution in [0.1, 0.15) is 15.9 Å². The highest BCUT2D eigenvalue weighted by Crippen LogP contribution is 2.24. The van der Waals surface area contributed by atoms with Gasteiger partial charge in [0.25, 0.3) is 5.91 Å². The van der Waals surface area contributed by atoms with Gasteiger partial charge in [-0.25, -0.2) is 10.9 Å². The van der Waals surface area contributed by atoms with Crippen molar-refractivity contribution in [1.29, 1.82) is 0 Å². The Morgan fingerprint density at radius 2 is 1.74 bits per heavy atom. The van der Waals surface area contributed by atoms with Crippen LogP contribution < -0.4 is 22.3 Å². The number of amides is 1. The summed E-state index contributed by atoms with van der Waals surface area (Å²) >= 11 is 0. The molecular weight excluding hydrogens is 240 g/mol. The molecule has 0 aliphatic rings. The maximum Gasteiger partial charge on any atom is 0.272 e. The quantitative estimate of drug-likeness (QED) is 0.333. The molecule has 0 fully saturated rings. The van der Waals surface area contributed by atoms with Gasteiger partial charge in [-0.2, -0.15) is 0 Å². The number of nitrogen functional groups attached to an aromatic ring is 1. The summed E-state index contributed by atoms with van der Waals surface area (Å²) in [5.74, 6) is 5.58. The number of hydrazine groups is 1. The number of anilines is 2. The summed E-state index contributed by atoms with van der Waals surface area (Å²) in [7, 11) is 0. The van der Waals surface area contributed by atoms with Crippen molar-refractivity contribution in [2.24, 2.45) is 11.6 Å². The van der Waals surface area contributed by atoms with Gasteiger partial charge in [0.1, 0.15) is 0 Å². The van der Waals surface area contributed by atoms with Crippen LogP contribution in [0.2, 0.25) is 0 Å². The smallest absolute Gasteiger partial charge is 0.272 e. The van der Waals surface area contributed by atoms with E-state index in [0.717, 1.165) is 5.01 Å². The molecule has 0 saturated carbocycles. The third-order valence-electron chi connectivity index (χ3n) is 2.89.